The summed E-state index contributed by atoms with van der Waals surface area (Å²) in [4.78, 5) is 15.0. The molecule has 0 aliphatic heterocycles. The molecule has 0 saturated carbocycles. The number of carbonyl (C=O) groups is 1. The predicted molar refractivity (Wildman–Crippen MR) is 59.1 cm³/mol. The first-order valence-corrected chi connectivity index (χ1v) is 5.10. The highest BCUT2D eigenvalue weighted by atomic mass is 16.1. The van der Waals surface area contributed by atoms with Gasteiger partial charge in [0, 0.05) is 18.4 Å². The molecule has 1 heterocycles. The van der Waals surface area contributed by atoms with Crippen LogP contribution in [0.3, 0.4) is 0 Å². The topological polar surface area (TPSA) is 68.0 Å². The van der Waals surface area contributed by atoms with E-state index in [9.17, 15) is 4.79 Å². The van der Waals surface area contributed by atoms with E-state index in [-0.39, 0.29) is 18.0 Å². The smallest absolute Gasteiger partial charge is 0.234 e. The van der Waals surface area contributed by atoms with Gasteiger partial charge in [0.2, 0.25) is 5.91 Å². The van der Waals surface area contributed by atoms with Crippen molar-refractivity contribution in [3.05, 3.63) is 30.1 Å². The lowest BCUT2D eigenvalue weighted by Gasteiger charge is -2.19. The lowest BCUT2D eigenvalue weighted by molar-refractivity contribution is -0.120. The van der Waals surface area contributed by atoms with Crippen LogP contribution in [0.5, 0.6) is 0 Å². The third-order valence-corrected chi connectivity index (χ3v) is 2.41. The third kappa shape index (κ3) is 3.32. The molecule has 0 aromatic carbocycles. The second-order valence-corrected chi connectivity index (χ2v) is 3.53. The molecule has 1 aromatic heterocycles. The number of amides is 1. The van der Waals surface area contributed by atoms with Gasteiger partial charge >= 0.3 is 0 Å². The molecule has 1 unspecified atom stereocenters. The van der Waals surface area contributed by atoms with Gasteiger partial charge in [0.25, 0.3) is 0 Å². The lowest BCUT2D eigenvalue weighted by Crippen LogP contribution is -2.41. The summed E-state index contributed by atoms with van der Waals surface area (Å²) in [6.45, 7) is 3.93. The Hall–Kier alpha value is -1.42. The average Bonchev–Trinajstić information content (AvgIpc) is 2.26. The molecule has 0 aliphatic carbocycles. The van der Waals surface area contributed by atoms with E-state index in [1.54, 1.807) is 12.4 Å². The van der Waals surface area contributed by atoms with Gasteiger partial charge in [-0.3, -0.25) is 15.1 Å². The minimum Gasteiger partial charge on any atom is -0.368 e. The molecular formula is C11H17N3O. The van der Waals surface area contributed by atoms with Crippen LogP contribution in [0, 0.1) is 0 Å². The molecule has 0 fully saturated rings. The van der Waals surface area contributed by atoms with Crippen molar-refractivity contribution in [3.8, 4) is 0 Å². The van der Waals surface area contributed by atoms with Crippen molar-refractivity contribution in [2.45, 2.75) is 32.4 Å². The van der Waals surface area contributed by atoms with E-state index in [0.717, 1.165) is 5.56 Å². The first-order valence-electron chi connectivity index (χ1n) is 5.10. The normalized spacial score (nSPS) is 14.5. The number of primary amides is 1. The fraction of sp³-hybridized carbons (Fsp3) is 0.455. The van der Waals surface area contributed by atoms with E-state index < -0.39 is 0 Å². The third-order valence-electron chi connectivity index (χ3n) is 2.41. The predicted octanol–water partition coefficient (Wildman–Crippen LogP) is 0.996. The van der Waals surface area contributed by atoms with E-state index in [2.05, 4.69) is 10.3 Å². The number of nitrogens with one attached hydrogen (secondary N) is 1. The van der Waals surface area contributed by atoms with E-state index in [0.29, 0.717) is 6.42 Å². The average molecular weight is 207 g/mol. The van der Waals surface area contributed by atoms with Crippen LogP contribution >= 0.6 is 0 Å². The number of carbonyl (C=O) groups excluding carboxylic acids is 1. The first kappa shape index (κ1) is 11.7. The van der Waals surface area contributed by atoms with Gasteiger partial charge in [-0.05, 0) is 31.0 Å². The van der Waals surface area contributed by atoms with Gasteiger partial charge in [-0.15, -0.1) is 0 Å². The monoisotopic (exact) mass is 207 g/mol. The molecular weight excluding hydrogens is 190 g/mol. The zero-order chi connectivity index (χ0) is 11.3. The van der Waals surface area contributed by atoms with Gasteiger partial charge in [0.1, 0.15) is 0 Å². The molecule has 0 aliphatic rings. The van der Waals surface area contributed by atoms with Gasteiger partial charge in [0.05, 0.1) is 6.04 Å². The molecule has 15 heavy (non-hydrogen) atoms. The van der Waals surface area contributed by atoms with Crippen molar-refractivity contribution in [2.24, 2.45) is 5.73 Å². The summed E-state index contributed by atoms with van der Waals surface area (Å²) in [6.07, 6.45) is 4.17. The van der Waals surface area contributed by atoms with Gasteiger partial charge < -0.3 is 5.73 Å². The highest BCUT2D eigenvalue weighted by Gasteiger charge is 2.15. The largest absolute Gasteiger partial charge is 0.368 e. The van der Waals surface area contributed by atoms with E-state index >= 15 is 0 Å². The van der Waals surface area contributed by atoms with E-state index in [1.165, 1.54) is 0 Å². The number of nitrogens with zero attached hydrogens (tertiary/aromatic N) is 1. The zero-order valence-corrected chi connectivity index (χ0v) is 9.10. The number of rotatable bonds is 5. The summed E-state index contributed by atoms with van der Waals surface area (Å²) in [7, 11) is 0. The highest BCUT2D eigenvalue weighted by molar-refractivity contribution is 5.79. The minimum atomic E-state index is -0.307. The zero-order valence-electron chi connectivity index (χ0n) is 9.10. The van der Waals surface area contributed by atoms with Crippen LogP contribution in [-0.4, -0.2) is 16.9 Å². The van der Waals surface area contributed by atoms with Crippen molar-refractivity contribution in [1.82, 2.24) is 10.3 Å². The van der Waals surface area contributed by atoms with Gasteiger partial charge in [-0.2, -0.15) is 0 Å². The fourth-order valence-corrected chi connectivity index (χ4v) is 1.45. The lowest BCUT2D eigenvalue weighted by atomic mass is 10.1. The molecule has 2 atom stereocenters. The van der Waals surface area contributed by atoms with Gasteiger partial charge in [-0.1, -0.05) is 6.92 Å². The molecule has 82 valence electrons. The summed E-state index contributed by atoms with van der Waals surface area (Å²) in [5.74, 6) is -0.307. The number of hydrogen-bond acceptors (Lipinski definition) is 3. The SMILES string of the molecule is CCC(N[C@H](C)c1ccncc1)C(N)=O. The fourth-order valence-electron chi connectivity index (χ4n) is 1.45. The van der Waals surface area contributed by atoms with Crippen LogP contribution in [-0.2, 0) is 4.79 Å². The standard InChI is InChI=1S/C11H17N3O/c1-3-10(11(12)15)14-8(2)9-4-6-13-7-5-9/h4-8,10,14H,3H2,1-2H3,(H2,12,15)/t8-,10?/m1/s1. The summed E-state index contributed by atoms with van der Waals surface area (Å²) < 4.78 is 0. The molecule has 0 spiro atoms. The van der Waals surface area contributed by atoms with Crippen molar-refractivity contribution in [3.63, 3.8) is 0 Å². The number of nitrogens with two attached hydrogens (primary N) is 1. The maximum Gasteiger partial charge on any atom is 0.234 e. The number of pyridine rings is 1. The van der Waals surface area contributed by atoms with E-state index in [1.807, 2.05) is 26.0 Å². The van der Waals surface area contributed by atoms with Crippen LogP contribution in [0.15, 0.2) is 24.5 Å². The molecule has 3 N–H and O–H groups in total. The van der Waals surface area contributed by atoms with Gasteiger partial charge in [0.15, 0.2) is 0 Å². The maximum absolute atomic E-state index is 11.0. The first-order chi connectivity index (χ1) is 7.15. The Kier molecular flexibility index (Phi) is 4.24. The molecule has 0 bridgehead atoms. The van der Waals surface area contributed by atoms with Crippen LogP contribution in [0.2, 0.25) is 0 Å². The Bertz CT molecular complexity index is 313. The molecule has 0 saturated heterocycles. The van der Waals surface area contributed by atoms with Crippen molar-refractivity contribution in [1.29, 1.82) is 0 Å². The molecule has 0 radical (unpaired) electrons. The Balaban J connectivity index is 2.62. The van der Waals surface area contributed by atoms with Crippen LogP contribution < -0.4 is 11.1 Å². The number of hydrogen-bond donors (Lipinski definition) is 2. The maximum atomic E-state index is 11.0. The Morgan fingerprint density at radius 1 is 1.53 bits per heavy atom. The number of aromatic nitrogens is 1. The molecule has 4 heteroatoms. The molecule has 4 nitrogen and oxygen atoms in total. The Morgan fingerprint density at radius 2 is 2.13 bits per heavy atom. The summed E-state index contributed by atoms with van der Waals surface area (Å²) in [5, 5.41) is 3.18. The second kappa shape index (κ2) is 5.46. The second-order valence-electron chi connectivity index (χ2n) is 3.53. The highest BCUT2D eigenvalue weighted by Crippen LogP contribution is 2.11. The van der Waals surface area contributed by atoms with Gasteiger partial charge in [-0.25, -0.2) is 0 Å². The quantitative estimate of drug-likeness (QED) is 0.756. The summed E-state index contributed by atoms with van der Waals surface area (Å²) >= 11 is 0. The van der Waals surface area contributed by atoms with E-state index in [4.69, 9.17) is 5.73 Å². The van der Waals surface area contributed by atoms with Crippen LogP contribution in [0.1, 0.15) is 31.9 Å². The molecule has 1 amide bonds. The minimum absolute atomic E-state index is 0.102. The van der Waals surface area contributed by atoms with Crippen molar-refractivity contribution in [2.75, 3.05) is 0 Å². The summed E-state index contributed by atoms with van der Waals surface area (Å²) in [5.41, 5.74) is 6.36. The summed E-state index contributed by atoms with van der Waals surface area (Å²) in [6, 6.07) is 3.68. The van der Waals surface area contributed by atoms with Crippen LogP contribution in [0.25, 0.3) is 0 Å². The molecule has 1 aromatic rings. The van der Waals surface area contributed by atoms with Crippen LogP contribution in [0.4, 0.5) is 0 Å². The molecule has 1 rings (SSSR count). The van der Waals surface area contributed by atoms with Crippen molar-refractivity contribution >= 4 is 5.91 Å². The Morgan fingerprint density at radius 3 is 2.60 bits per heavy atom. The van der Waals surface area contributed by atoms with Crippen molar-refractivity contribution < 1.29 is 4.79 Å². The Labute approximate surface area is 89.9 Å².